The summed E-state index contributed by atoms with van der Waals surface area (Å²) in [6.45, 7) is 4.14. The van der Waals surface area contributed by atoms with Gasteiger partial charge in [0.15, 0.2) is 23.4 Å². The molecule has 1 saturated carbocycles. The van der Waals surface area contributed by atoms with Crippen LogP contribution in [0, 0.1) is 18.6 Å². The van der Waals surface area contributed by atoms with Gasteiger partial charge in [0.2, 0.25) is 0 Å². The van der Waals surface area contributed by atoms with Crippen LogP contribution in [-0.2, 0) is 13.6 Å². The zero-order chi connectivity index (χ0) is 18.0. The molecule has 6 nitrogen and oxygen atoms in total. The highest BCUT2D eigenvalue weighted by Crippen LogP contribution is 2.20. The van der Waals surface area contributed by atoms with Crippen molar-refractivity contribution in [3.8, 4) is 0 Å². The molecule has 26 heavy (non-hydrogen) atoms. The van der Waals surface area contributed by atoms with Gasteiger partial charge in [-0.1, -0.05) is 6.07 Å². The number of hydrogen-bond donors (Lipinski definition) is 2. The second-order valence-corrected chi connectivity index (χ2v) is 6.35. The predicted octanol–water partition coefficient (Wildman–Crippen LogP) is 2.98. The lowest BCUT2D eigenvalue weighted by molar-refractivity contribution is 0.504. The van der Waals surface area contributed by atoms with Crippen LogP contribution in [0.1, 0.15) is 43.0 Å². The number of hydrogen-bond acceptors (Lipinski definition) is 3. The first-order valence-corrected chi connectivity index (χ1v) is 8.31. The van der Waals surface area contributed by atoms with Crippen LogP contribution in [0.15, 0.2) is 23.2 Å². The van der Waals surface area contributed by atoms with Crippen molar-refractivity contribution < 1.29 is 8.78 Å². The number of guanidine groups is 1. The van der Waals surface area contributed by atoms with Crippen molar-refractivity contribution in [2.45, 2.75) is 45.3 Å². The van der Waals surface area contributed by atoms with E-state index in [1.54, 1.807) is 6.07 Å². The second-order valence-electron chi connectivity index (χ2n) is 6.35. The third-order valence-electron chi connectivity index (χ3n) is 4.28. The molecular weight excluding hydrogens is 453 g/mol. The van der Waals surface area contributed by atoms with Crippen molar-refractivity contribution >= 4 is 29.9 Å². The maximum absolute atomic E-state index is 13.4. The molecule has 9 heteroatoms. The minimum Gasteiger partial charge on any atom is -0.354 e. The standard InChI is InChI=1S/C17H22F2N6.HI/c1-10(12-4-7-14(18)15(19)8-12)21-17(22-13-5-6-13)20-9-16-24-23-11(2)25(16)3;/h4,7-8,10,13H,5-6,9H2,1-3H3,(H2,20,21,22);1H. The molecule has 0 bridgehead atoms. The minimum atomic E-state index is -0.852. The van der Waals surface area contributed by atoms with Gasteiger partial charge >= 0.3 is 0 Å². The number of aryl methyl sites for hydroxylation is 1. The largest absolute Gasteiger partial charge is 0.354 e. The molecule has 1 heterocycles. The third-order valence-corrected chi connectivity index (χ3v) is 4.28. The molecule has 2 N–H and O–H groups in total. The van der Waals surface area contributed by atoms with E-state index in [1.165, 1.54) is 6.07 Å². The molecular formula is C17H23F2IN6. The number of halogens is 3. The molecule has 0 amide bonds. The predicted molar refractivity (Wildman–Crippen MR) is 106 cm³/mol. The average Bonchev–Trinajstić information content (AvgIpc) is 3.34. The summed E-state index contributed by atoms with van der Waals surface area (Å²) >= 11 is 0. The van der Waals surface area contributed by atoms with E-state index >= 15 is 0 Å². The Morgan fingerprint density at radius 1 is 1.31 bits per heavy atom. The van der Waals surface area contributed by atoms with Crippen LogP contribution in [0.5, 0.6) is 0 Å². The summed E-state index contributed by atoms with van der Waals surface area (Å²) in [5, 5.41) is 14.7. The Kier molecular flexibility index (Phi) is 6.90. The molecule has 1 aromatic carbocycles. The molecule has 1 aliphatic rings. The number of aliphatic imine (C=N–C) groups is 1. The van der Waals surface area contributed by atoms with Gasteiger partial charge in [0.25, 0.3) is 0 Å². The number of aromatic nitrogens is 3. The van der Waals surface area contributed by atoms with Crippen LogP contribution >= 0.6 is 24.0 Å². The fourth-order valence-corrected chi connectivity index (χ4v) is 2.36. The number of nitrogens with one attached hydrogen (secondary N) is 2. The summed E-state index contributed by atoms with van der Waals surface area (Å²) in [6, 6.07) is 4.09. The maximum atomic E-state index is 13.4. The molecule has 0 radical (unpaired) electrons. The first-order chi connectivity index (χ1) is 11.9. The molecule has 1 aliphatic carbocycles. The Morgan fingerprint density at radius 3 is 2.62 bits per heavy atom. The summed E-state index contributed by atoms with van der Waals surface area (Å²) in [5.41, 5.74) is 0.652. The van der Waals surface area contributed by atoms with Gasteiger partial charge in [-0.3, -0.25) is 0 Å². The topological polar surface area (TPSA) is 67.1 Å². The van der Waals surface area contributed by atoms with E-state index in [4.69, 9.17) is 0 Å². The minimum absolute atomic E-state index is 0. The Morgan fingerprint density at radius 2 is 2.04 bits per heavy atom. The first kappa shape index (κ1) is 20.5. The zero-order valence-corrected chi connectivity index (χ0v) is 17.3. The van der Waals surface area contributed by atoms with Crippen molar-refractivity contribution in [1.29, 1.82) is 0 Å². The quantitative estimate of drug-likeness (QED) is 0.396. The normalized spacial score (nSPS) is 15.3. The monoisotopic (exact) mass is 476 g/mol. The molecule has 1 aromatic heterocycles. The Hall–Kier alpha value is -1.78. The average molecular weight is 476 g/mol. The number of benzene rings is 1. The molecule has 2 aromatic rings. The van der Waals surface area contributed by atoms with Crippen LogP contribution in [0.4, 0.5) is 8.78 Å². The summed E-state index contributed by atoms with van der Waals surface area (Å²) in [5.74, 6) is 0.508. The molecule has 142 valence electrons. The van der Waals surface area contributed by atoms with Gasteiger partial charge in [-0.05, 0) is 44.4 Å². The molecule has 0 spiro atoms. The fraction of sp³-hybridized carbons (Fsp3) is 0.471. The Labute approximate surface area is 168 Å². The van der Waals surface area contributed by atoms with E-state index in [1.807, 2.05) is 25.5 Å². The molecule has 1 atom stereocenters. The van der Waals surface area contributed by atoms with Crippen LogP contribution in [0.25, 0.3) is 0 Å². The van der Waals surface area contributed by atoms with Gasteiger partial charge in [-0.15, -0.1) is 34.2 Å². The highest BCUT2D eigenvalue weighted by Gasteiger charge is 2.23. The van der Waals surface area contributed by atoms with Crippen molar-refractivity contribution in [3.05, 3.63) is 47.0 Å². The van der Waals surface area contributed by atoms with Crippen molar-refractivity contribution in [1.82, 2.24) is 25.4 Å². The Bertz CT molecular complexity index is 788. The molecule has 3 rings (SSSR count). The third kappa shape index (κ3) is 5.12. The van der Waals surface area contributed by atoms with Gasteiger partial charge in [0.05, 0.1) is 6.04 Å². The summed E-state index contributed by atoms with van der Waals surface area (Å²) in [6.07, 6.45) is 2.20. The number of rotatable bonds is 5. The summed E-state index contributed by atoms with van der Waals surface area (Å²) < 4.78 is 28.4. The van der Waals surface area contributed by atoms with Crippen LogP contribution in [-0.4, -0.2) is 26.8 Å². The molecule has 0 saturated heterocycles. The lowest BCUT2D eigenvalue weighted by atomic mass is 10.1. The van der Waals surface area contributed by atoms with Gasteiger partial charge in [-0.25, -0.2) is 13.8 Å². The van der Waals surface area contributed by atoms with Crippen LogP contribution < -0.4 is 10.6 Å². The molecule has 1 fully saturated rings. The second kappa shape index (κ2) is 8.74. The molecule has 1 unspecified atom stereocenters. The van der Waals surface area contributed by atoms with E-state index in [0.717, 1.165) is 30.6 Å². The molecule has 0 aliphatic heterocycles. The van der Waals surface area contributed by atoms with Gasteiger partial charge < -0.3 is 15.2 Å². The van der Waals surface area contributed by atoms with Gasteiger partial charge in [-0.2, -0.15) is 0 Å². The maximum Gasteiger partial charge on any atom is 0.192 e. The van der Waals surface area contributed by atoms with Crippen molar-refractivity contribution in [2.24, 2.45) is 12.0 Å². The first-order valence-electron chi connectivity index (χ1n) is 8.31. The van der Waals surface area contributed by atoms with E-state index in [-0.39, 0.29) is 30.0 Å². The highest BCUT2D eigenvalue weighted by atomic mass is 127. The van der Waals surface area contributed by atoms with Crippen LogP contribution in [0.2, 0.25) is 0 Å². The smallest absolute Gasteiger partial charge is 0.192 e. The summed E-state index contributed by atoms with van der Waals surface area (Å²) in [4.78, 5) is 4.56. The van der Waals surface area contributed by atoms with Crippen LogP contribution in [0.3, 0.4) is 0 Å². The van der Waals surface area contributed by atoms with E-state index in [2.05, 4.69) is 25.8 Å². The van der Waals surface area contributed by atoms with Gasteiger partial charge in [0, 0.05) is 13.1 Å². The lowest BCUT2D eigenvalue weighted by Crippen LogP contribution is -2.40. The van der Waals surface area contributed by atoms with E-state index in [0.29, 0.717) is 24.1 Å². The van der Waals surface area contributed by atoms with Crippen molar-refractivity contribution in [2.75, 3.05) is 0 Å². The van der Waals surface area contributed by atoms with Gasteiger partial charge in [0.1, 0.15) is 12.4 Å². The lowest BCUT2D eigenvalue weighted by Gasteiger charge is -2.18. The van der Waals surface area contributed by atoms with Crippen molar-refractivity contribution in [3.63, 3.8) is 0 Å². The summed E-state index contributed by atoms with van der Waals surface area (Å²) in [7, 11) is 1.89. The Balaban J connectivity index is 0.00000243. The number of nitrogens with zero attached hydrogens (tertiary/aromatic N) is 4. The van der Waals surface area contributed by atoms with E-state index in [9.17, 15) is 8.78 Å². The zero-order valence-electron chi connectivity index (χ0n) is 15.0. The van der Waals surface area contributed by atoms with E-state index < -0.39 is 11.6 Å². The fourth-order valence-electron chi connectivity index (χ4n) is 2.36. The SMILES string of the molecule is Cc1nnc(CN=C(NC2CC2)NC(C)c2ccc(F)c(F)c2)n1C.I. The highest BCUT2D eigenvalue weighted by molar-refractivity contribution is 14.0.